The van der Waals surface area contributed by atoms with Crippen LogP contribution in [0.2, 0.25) is 0 Å². The molecule has 0 aromatic heterocycles. The molecular formula is C58H112N6O27. The molecule has 1 heterocycles. The molecule has 1 aliphatic heterocycles. The molecule has 0 aromatic carbocycles. The summed E-state index contributed by atoms with van der Waals surface area (Å²) < 4.78 is 85.2. The lowest BCUT2D eigenvalue weighted by Crippen LogP contribution is -2.69. The average molecular weight is 1330 g/mol. The molecule has 33 nitrogen and oxygen atoms in total. The third-order valence-electron chi connectivity index (χ3n) is 12.9. The molecule has 536 valence electrons. The Morgan fingerprint density at radius 2 is 0.934 bits per heavy atom. The Balaban J connectivity index is 0.00000186. The van der Waals surface area contributed by atoms with E-state index >= 15 is 0 Å². The molecule has 11 N–H and O–H groups in total. The van der Waals surface area contributed by atoms with Crippen LogP contribution in [0.25, 0.3) is 0 Å². The van der Waals surface area contributed by atoms with E-state index in [1.54, 1.807) is 49.0 Å². The van der Waals surface area contributed by atoms with Gasteiger partial charge in [0.2, 0.25) is 35.3 Å². The third-order valence-corrected chi connectivity index (χ3v) is 12.9. The highest BCUT2D eigenvalue weighted by Crippen LogP contribution is 2.31. The van der Waals surface area contributed by atoms with Gasteiger partial charge in [-0.3, -0.25) is 28.8 Å². The fraction of sp³-hybridized carbons (Fsp3) is 0.897. The first-order chi connectivity index (χ1) is 43.6. The zero-order valence-electron chi connectivity index (χ0n) is 55.3. The summed E-state index contributed by atoms with van der Waals surface area (Å²) in [6.45, 7) is 19.1. The minimum atomic E-state index is -2.87. The van der Waals surface area contributed by atoms with Crippen molar-refractivity contribution in [2.75, 3.05) is 180 Å². The summed E-state index contributed by atoms with van der Waals surface area (Å²) in [4.78, 5) is 75.0. The Kier molecular flexibility index (Phi) is 53.9. The van der Waals surface area contributed by atoms with Crippen LogP contribution < -0.4 is 31.9 Å². The van der Waals surface area contributed by atoms with E-state index in [4.69, 9.17) is 75.8 Å². The molecule has 0 spiro atoms. The first kappa shape index (κ1) is 87.0. The molecule has 91 heavy (non-hydrogen) atoms. The predicted molar refractivity (Wildman–Crippen MR) is 323 cm³/mol. The fourth-order valence-electron chi connectivity index (χ4n) is 7.70. The number of ether oxygens (including phenoxy) is 16. The Hall–Kier alpha value is -4.02. The number of rotatable bonds is 57. The van der Waals surface area contributed by atoms with E-state index in [0.29, 0.717) is 119 Å². The van der Waals surface area contributed by atoms with Gasteiger partial charge in [-0.2, -0.15) is 0 Å². The van der Waals surface area contributed by atoms with Crippen molar-refractivity contribution < 1.29 is 130 Å². The zero-order valence-corrected chi connectivity index (χ0v) is 55.3. The number of carbonyl (C=O) groups is 6. The van der Waals surface area contributed by atoms with Crippen LogP contribution in [0.3, 0.4) is 0 Å². The molecule has 6 amide bonds. The van der Waals surface area contributed by atoms with E-state index in [-0.39, 0.29) is 95.4 Å². The Morgan fingerprint density at radius 3 is 1.35 bits per heavy atom. The van der Waals surface area contributed by atoms with Crippen LogP contribution in [0, 0.1) is 5.92 Å². The van der Waals surface area contributed by atoms with Gasteiger partial charge in [0, 0.05) is 86.2 Å². The molecule has 1 fully saturated rings. The lowest BCUT2D eigenvalue weighted by Gasteiger charge is -2.45. The topological polar surface area (TPSA) is 423 Å². The first-order valence-corrected chi connectivity index (χ1v) is 31.0. The number of hydrogen-bond donors (Lipinski definition) is 11. The Morgan fingerprint density at radius 1 is 0.538 bits per heavy atom. The van der Waals surface area contributed by atoms with Gasteiger partial charge < -0.3 is 133 Å². The summed E-state index contributed by atoms with van der Waals surface area (Å²) in [5.74, 6) is -6.49. The lowest BCUT2D eigenvalue weighted by atomic mass is 9.88. The van der Waals surface area contributed by atoms with Crippen LogP contribution in [0.15, 0.2) is 0 Å². The number of nitrogens with one attached hydrogen (secondary N) is 6. The van der Waals surface area contributed by atoms with Gasteiger partial charge in [0.15, 0.2) is 25.2 Å². The van der Waals surface area contributed by atoms with E-state index in [9.17, 15) is 54.3 Å². The van der Waals surface area contributed by atoms with Crippen LogP contribution in [0.4, 0.5) is 0 Å². The number of hydrogen-bond acceptors (Lipinski definition) is 27. The largest absolute Gasteiger partial charge is 0.394 e. The molecule has 1 saturated heterocycles. The van der Waals surface area contributed by atoms with Crippen LogP contribution in [-0.2, 0) is 105 Å². The molecular weight excluding hydrogens is 1210 g/mol. The van der Waals surface area contributed by atoms with Crippen molar-refractivity contribution in [2.45, 2.75) is 154 Å². The predicted octanol–water partition coefficient (Wildman–Crippen LogP) is -2.89. The molecule has 0 aliphatic carbocycles. The molecule has 1 rings (SSSR count). The summed E-state index contributed by atoms with van der Waals surface area (Å²) in [6.07, 6.45) is -8.33. The van der Waals surface area contributed by atoms with Crippen LogP contribution >= 0.6 is 0 Å². The highest BCUT2D eigenvalue weighted by molar-refractivity contribution is 5.91. The highest BCUT2D eigenvalue weighted by atomic mass is 16.7. The fourth-order valence-corrected chi connectivity index (χ4v) is 7.70. The maximum atomic E-state index is 13.4. The summed E-state index contributed by atoms with van der Waals surface area (Å²) in [6, 6.07) is -2.78. The van der Waals surface area contributed by atoms with Gasteiger partial charge in [0.05, 0.1) is 138 Å². The van der Waals surface area contributed by atoms with Crippen molar-refractivity contribution in [2.24, 2.45) is 5.92 Å². The molecule has 33 heteroatoms. The second kappa shape index (κ2) is 56.3. The van der Waals surface area contributed by atoms with E-state index in [1.165, 1.54) is 0 Å². The van der Waals surface area contributed by atoms with Crippen molar-refractivity contribution in [3.8, 4) is 0 Å². The summed E-state index contributed by atoms with van der Waals surface area (Å²) in [7, 11) is 4.74. The first-order valence-electron chi connectivity index (χ1n) is 31.0. The van der Waals surface area contributed by atoms with Gasteiger partial charge in [-0.25, -0.2) is 0 Å². The number of carbonyl (C=O) groups excluding carboxylic acids is 6. The monoisotopic (exact) mass is 1320 g/mol. The molecule has 0 radical (unpaired) electrons. The number of methoxy groups -OCH3 is 3. The SMILES string of the molecule is CCCOCCNC(=O)CCC(NC(=O)C1(O)CC(O)C(NC(C)=O)C(C(O)C(O)CO)O1)C(=O)NCCOCCOC(C)OCCOCCOC.COC(C)OCCOCCNC(=O)CCC(C)C(=O)NCCOCCOC(C)OCCOCCOC(C)OC. The maximum absolute atomic E-state index is 13.4. The number of amides is 6. The quantitative estimate of drug-likeness (QED) is 0.0215. The van der Waals surface area contributed by atoms with Crippen molar-refractivity contribution in [1.29, 1.82) is 0 Å². The molecule has 1 aliphatic rings. The highest BCUT2D eigenvalue weighted by Gasteiger charge is 2.54. The van der Waals surface area contributed by atoms with E-state index < -0.39 is 85.2 Å². The summed E-state index contributed by atoms with van der Waals surface area (Å²) in [5.41, 5.74) is 0. The van der Waals surface area contributed by atoms with Crippen molar-refractivity contribution in [1.82, 2.24) is 31.9 Å². The normalized spacial score (nSPS) is 19.1. The standard InChI is InChI=1S/C32H60N4O16.C26H52N2O11/c1-5-10-47-11-8-33-26(41)7-6-23(30(43)34-9-12-48-15-17-50-22(3)51-18-16-49-14-13-46-4)36-31(44)32(45)19-24(39)27(35-21(2)38)29(52-32)28(42)25(40)20-37;1-21(7-8-25(29)27-9-11-33-13-17-36-22(2)31-5)26(30)28-10-12-34-14-19-38-24(4)39-20-16-35-15-18-37-23(3)32-6/h22-25,27-29,37,39-40,42,45H,5-20H2,1-4H3,(H,33,41)(H,34,43)(H,35,38)(H,36,44);21-24H,7-20H2,1-6H3,(H,27,29)(H,28,30). The van der Waals surface area contributed by atoms with Crippen LogP contribution in [-0.4, -0.2) is 308 Å². The molecule has 0 bridgehead atoms. The zero-order chi connectivity index (χ0) is 68.1. The van der Waals surface area contributed by atoms with Gasteiger partial charge in [0.25, 0.3) is 5.91 Å². The second-order valence-electron chi connectivity index (χ2n) is 20.5. The molecule has 0 aromatic rings. The van der Waals surface area contributed by atoms with Crippen molar-refractivity contribution >= 4 is 35.4 Å². The molecule has 12 unspecified atom stereocenters. The molecule has 0 saturated carbocycles. The van der Waals surface area contributed by atoms with Crippen LogP contribution in [0.1, 0.15) is 87.0 Å². The molecule has 12 atom stereocenters. The smallest absolute Gasteiger partial charge is 0.280 e. The van der Waals surface area contributed by atoms with Crippen molar-refractivity contribution in [3.63, 3.8) is 0 Å². The summed E-state index contributed by atoms with van der Waals surface area (Å²) in [5, 5.41) is 67.4. The van der Waals surface area contributed by atoms with Gasteiger partial charge in [-0.1, -0.05) is 13.8 Å². The second-order valence-corrected chi connectivity index (χ2v) is 20.5. The van der Waals surface area contributed by atoms with Crippen LogP contribution in [0.5, 0.6) is 0 Å². The van der Waals surface area contributed by atoms with Gasteiger partial charge in [-0.05, 0) is 47.0 Å². The van der Waals surface area contributed by atoms with Gasteiger partial charge >= 0.3 is 0 Å². The van der Waals surface area contributed by atoms with E-state index in [0.717, 1.165) is 13.3 Å². The van der Waals surface area contributed by atoms with Gasteiger partial charge in [0.1, 0.15) is 24.4 Å². The third kappa shape index (κ3) is 45.9. The van der Waals surface area contributed by atoms with E-state index in [2.05, 4.69) is 31.9 Å². The minimum absolute atomic E-state index is 0.00221. The summed E-state index contributed by atoms with van der Waals surface area (Å²) >= 11 is 0. The Labute approximate surface area is 536 Å². The minimum Gasteiger partial charge on any atom is -0.394 e. The maximum Gasteiger partial charge on any atom is 0.280 e. The van der Waals surface area contributed by atoms with E-state index in [1.807, 2.05) is 13.8 Å². The number of aliphatic hydroxyl groups is 5. The lowest BCUT2D eigenvalue weighted by molar-refractivity contribution is -0.287. The Bertz CT molecular complexity index is 1860. The van der Waals surface area contributed by atoms with Gasteiger partial charge in [-0.15, -0.1) is 0 Å². The van der Waals surface area contributed by atoms with Crippen molar-refractivity contribution in [3.05, 3.63) is 0 Å². The number of aliphatic hydroxyl groups excluding tert-OH is 4. The average Bonchev–Trinajstić information content (AvgIpc) is 0.895.